The third-order valence-electron chi connectivity index (χ3n) is 1.63. The Labute approximate surface area is 94.0 Å². The van der Waals surface area contributed by atoms with Gasteiger partial charge in [0.25, 0.3) is 0 Å². The number of benzene rings is 1. The Morgan fingerprint density at radius 1 is 1.50 bits per heavy atom. The van der Waals surface area contributed by atoms with E-state index < -0.39 is 0 Å². The van der Waals surface area contributed by atoms with E-state index in [0.717, 1.165) is 22.8 Å². The molecule has 0 radical (unpaired) electrons. The van der Waals surface area contributed by atoms with E-state index in [-0.39, 0.29) is 0 Å². The number of hydrogen-bond acceptors (Lipinski definition) is 2. The molecule has 0 spiro atoms. The first-order chi connectivity index (χ1) is 6.74. The number of anilines is 1. The Hall–Kier alpha value is -0.780. The summed E-state index contributed by atoms with van der Waals surface area (Å²) in [7, 11) is 0. The van der Waals surface area contributed by atoms with Gasteiger partial charge in [0.05, 0.1) is 0 Å². The van der Waals surface area contributed by atoms with Crippen molar-refractivity contribution < 1.29 is 0 Å². The standard InChI is InChI=1S/C11H12ClNS/c1-2-3-4-7-14-11-6-5-9(12)8-10(11)13/h5-6,8H,4,7,13H2,1H3. The summed E-state index contributed by atoms with van der Waals surface area (Å²) in [4.78, 5) is 1.08. The summed E-state index contributed by atoms with van der Waals surface area (Å²) in [5.41, 5.74) is 6.54. The van der Waals surface area contributed by atoms with Crippen LogP contribution in [0.1, 0.15) is 13.3 Å². The second-order valence-corrected chi connectivity index (χ2v) is 4.28. The first-order valence-corrected chi connectivity index (χ1v) is 5.68. The van der Waals surface area contributed by atoms with Crippen LogP contribution >= 0.6 is 23.4 Å². The van der Waals surface area contributed by atoms with Crippen LogP contribution in [0.4, 0.5) is 5.69 Å². The third kappa shape index (κ3) is 3.53. The maximum atomic E-state index is 5.79. The van der Waals surface area contributed by atoms with E-state index >= 15 is 0 Å². The fourth-order valence-electron chi connectivity index (χ4n) is 0.988. The van der Waals surface area contributed by atoms with Gasteiger partial charge in [-0.15, -0.1) is 23.6 Å². The van der Waals surface area contributed by atoms with Gasteiger partial charge in [0.2, 0.25) is 0 Å². The number of rotatable bonds is 3. The predicted molar refractivity (Wildman–Crippen MR) is 64.7 cm³/mol. The molecule has 1 rings (SSSR count). The zero-order valence-electron chi connectivity index (χ0n) is 8.01. The maximum Gasteiger partial charge on any atom is 0.0467 e. The zero-order valence-corrected chi connectivity index (χ0v) is 9.58. The SMILES string of the molecule is CC#CCCSc1ccc(Cl)cc1N. The quantitative estimate of drug-likeness (QED) is 0.369. The molecule has 0 amide bonds. The van der Waals surface area contributed by atoms with E-state index in [1.165, 1.54) is 0 Å². The van der Waals surface area contributed by atoms with E-state index in [0.29, 0.717) is 5.02 Å². The van der Waals surface area contributed by atoms with Crippen molar-refractivity contribution in [1.29, 1.82) is 0 Å². The van der Waals surface area contributed by atoms with Gasteiger partial charge in [0.15, 0.2) is 0 Å². The lowest BCUT2D eigenvalue weighted by Crippen LogP contribution is -1.88. The monoisotopic (exact) mass is 225 g/mol. The Kier molecular flexibility index (Phi) is 4.72. The van der Waals surface area contributed by atoms with Crippen LogP contribution in [-0.4, -0.2) is 5.75 Å². The molecule has 0 aromatic heterocycles. The summed E-state index contributed by atoms with van der Waals surface area (Å²) in [6, 6.07) is 5.57. The molecule has 1 aromatic rings. The minimum atomic E-state index is 0.681. The molecule has 0 aliphatic heterocycles. The highest BCUT2D eigenvalue weighted by molar-refractivity contribution is 7.99. The van der Waals surface area contributed by atoms with Gasteiger partial charge >= 0.3 is 0 Å². The van der Waals surface area contributed by atoms with Crippen molar-refractivity contribution in [2.24, 2.45) is 0 Å². The van der Waals surface area contributed by atoms with Gasteiger partial charge in [0.1, 0.15) is 0 Å². The molecule has 0 heterocycles. The average Bonchev–Trinajstić information content (AvgIpc) is 2.15. The van der Waals surface area contributed by atoms with E-state index in [9.17, 15) is 0 Å². The van der Waals surface area contributed by atoms with Crippen LogP contribution < -0.4 is 5.73 Å². The van der Waals surface area contributed by atoms with Crippen molar-refractivity contribution in [3.05, 3.63) is 23.2 Å². The molecule has 0 aliphatic carbocycles. The fraction of sp³-hybridized carbons (Fsp3) is 0.273. The zero-order chi connectivity index (χ0) is 10.4. The number of halogens is 1. The van der Waals surface area contributed by atoms with Gasteiger partial charge in [-0.05, 0) is 25.1 Å². The lowest BCUT2D eigenvalue weighted by atomic mass is 10.3. The molecule has 2 N–H and O–H groups in total. The van der Waals surface area contributed by atoms with Gasteiger partial charge in [-0.2, -0.15) is 0 Å². The largest absolute Gasteiger partial charge is 0.398 e. The van der Waals surface area contributed by atoms with Gasteiger partial charge < -0.3 is 5.73 Å². The minimum Gasteiger partial charge on any atom is -0.398 e. The second kappa shape index (κ2) is 5.85. The first kappa shape index (κ1) is 11.3. The molecule has 3 heteroatoms. The van der Waals surface area contributed by atoms with E-state index in [1.54, 1.807) is 17.8 Å². The summed E-state index contributed by atoms with van der Waals surface area (Å²) >= 11 is 7.50. The first-order valence-electron chi connectivity index (χ1n) is 4.31. The molecule has 0 saturated carbocycles. The van der Waals surface area contributed by atoms with Crippen molar-refractivity contribution in [3.63, 3.8) is 0 Å². The molecule has 0 unspecified atom stereocenters. The molecule has 0 saturated heterocycles. The molecule has 1 aromatic carbocycles. The summed E-state index contributed by atoms with van der Waals surface area (Å²) < 4.78 is 0. The lowest BCUT2D eigenvalue weighted by Gasteiger charge is -2.03. The molecular formula is C11H12ClNS. The van der Waals surface area contributed by atoms with Gasteiger partial charge in [-0.3, -0.25) is 0 Å². The predicted octanol–water partition coefficient (Wildman–Crippen LogP) is 3.43. The Morgan fingerprint density at radius 2 is 2.29 bits per heavy atom. The van der Waals surface area contributed by atoms with Crippen molar-refractivity contribution in [2.45, 2.75) is 18.2 Å². The summed E-state index contributed by atoms with van der Waals surface area (Å²) in [6.45, 7) is 1.85. The summed E-state index contributed by atoms with van der Waals surface area (Å²) in [6.07, 6.45) is 0.892. The molecule has 14 heavy (non-hydrogen) atoms. The molecular weight excluding hydrogens is 214 g/mol. The van der Waals surface area contributed by atoms with Crippen LogP contribution in [0.15, 0.2) is 23.1 Å². The number of thioether (sulfide) groups is 1. The minimum absolute atomic E-state index is 0.681. The summed E-state index contributed by atoms with van der Waals surface area (Å²) in [5, 5.41) is 0.681. The number of nitrogen functional groups attached to an aromatic ring is 1. The highest BCUT2D eigenvalue weighted by atomic mass is 35.5. The lowest BCUT2D eigenvalue weighted by molar-refractivity contribution is 1.29. The highest BCUT2D eigenvalue weighted by Gasteiger charge is 1.99. The normalized spacial score (nSPS) is 9.29. The van der Waals surface area contributed by atoms with Crippen LogP contribution in [0.25, 0.3) is 0 Å². The Bertz CT molecular complexity index is 365. The average molecular weight is 226 g/mol. The molecule has 0 fully saturated rings. The maximum absolute atomic E-state index is 5.79. The molecule has 0 bridgehead atoms. The molecule has 74 valence electrons. The van der Waals surface area contributed by atoms with Crippen LogP contribution in [0.5, 0.6) is 0 Å². The van der Waals surface area contributed by atoms with Crippen molar-refractivity contribution in [3.8, 4) is 11.8 Å². The van der Waals surface area contributed by atoms with Gasteiger partial charge in [0, 0.05) is 27.8 Å². The Balaban J connectivity index is 2.53. The van der Waals surface area contributed by atoms with E-state index in [4.69, 9.17) is 17.3 Å². The molecule has 1 nitrogen and oxygen atoms in total. The van der Waals surface area contributed by atoms with Crippen molar-refractivity contribution >= 4 is 29.1 Å². The van der Waals surface area contributed by atoms with Crippen LogP contribution in [-0.2, 0) is 0 Å². The second-order valence-electron chi connectivity index (χ2n) is 2.71. The van der Waals surface area contributed by atoms with Gasteiger partial charge in [-0.1, -0.05) is 11.6 Å². The van der Waals surface area contributed by atoms with Crippen LogP contribution in [0.2, 0.25) is 5.02 Å². The number of hydrogen-bond donors (Lipinski definition) is 1. The highest BCUT2D eigenvalue weighted by Crippen LogP contribution is 2.27. The smallest absolute Gasteiger partial charge is 0.0467 e. The molecule has 0 aliphatic rings. The Morgan fingerprint density at radius 3 is 2.93 bits per heavy atom. The van der Waals surface area contributed by atoms with Gasteiger partial charge in [-0.25, -0.2) is 0 Å². The van der Waals surface area contributed by atoms with E-state index in [2.05, 4.69) is 11.8 Å². The molecule has 0 atom stereocenters. The topological polar surface area (TPSA) is 26.0 Å². The third-order valence-corrected chi connectivity index (χ3v) is 2.96. The van der Waals surface area contributed by atoms with Crippen molar-refractivity contribution in [2.75, 3.05) is 11.5 Å². The number of nitrogens with two attached hydrogens (primary N) is 1. The van der Waals surface area contributed by atoms with Crippen LogP contribution in [0.3, 0.4) is 0 Å². The summed E-state index contributed by atoms with van der Waals surface area (Å²) in [5.74, 6) is 6.84. The fourth-order valence-corrected chi connectivity index (χ4v) is 1.98. The van der Waals surface area contributed by atoms with Crippen molar-refractivity contribution in [1.82, 2.24) is 0 Å². The van der Waals surface area contributed by atoms with E-state index in [1.807, 2.05) is 19.1 Å². The van der Waals surface area contributed by atoms with Crippen LogP contribution in [0, 0.1) is 11.8 Å².